The van der Waals surface area contributed by atoms with Crippen LogP contribution in [0, 0.1) is 0 Å². The molecule has 10 heteroatoms. The molecular formula is C11H12F5N3O2. The fraction of sp³-hybridized carbons (Fsp3) is 0.636. The predicted octanol–water partition coefficient (Wildman–Crippen LogP) is 1.84. The Hall–Kier alpha value is -1.55. The van der Waals surface area contributed by atoms with Crippen molar-refractivity contribution in [3.05, 3.63) is 18.2 Å². The van der Waals surface area contributed by atoms with Crippen LogP contribution >= 0.6 is 0 Å². The molecule has 1 N–H and O–H groups in total. The molecule has 0 aromatic carbocycles. The van der Waals surface area contributed by atoms with E-state index in [0.29, 0.717) is 13.0 Å². The Morgan fingerprint density at radius 2 is 1.95 bits per heavy atom. The molecule has 0 radical (unpaired) electrons. The van der Waals surface area contributed by atoms with Crippen LogP contribution in [0.2, 0.25) is 0 Å². The van der Waals surface area contributed by atoms with Gasteiger partial charge in [-0.05, 0) is 0 Å². The molecule has 1 aliphatic heterocycles. The lowest BCUT2D eigenvalue weighted by Crippen LogP contribution is -2.27. The highest BCUT2D eigenvalue weighted by atomic mass is 19.4. The largest absolute Gasteiger partial charge is 0.486 e. The fourth-order valence-electron chi connectivity index (χ4n) is 1.90. The van der Waals surface area contributed by atoms with Crippen LogP contribution in [0.15, 0.2) is 12.4 Å². The number of halogens is 5. The molecule has 2 atom stereocenters. The average molecular weight is 313 g/mol. The molecule has 0 amide bonds. The molecule has 1 fully saturated rings. The van der Waals surface area contributed by atoms with E-state index in [1.54, 1.807) is 0 Å². The Morgan fingerprint density at radius 1 is 1.29 bits per heavy atom. The molecule has 1 aromatic heterocycles. The molecule has 1 saturated heterocycles. The summed E-state index contributed by atoms with van der Waals surface area (Å²) in [7, 11) is 0. The lowest BCUT2D eigenvalue weighted by molar-refractivity contribution is -0.145. The number of aromatic nitrogens is 2. The highest BCUT2D eigenvalue weighted by Gasteiger charge is 2.34. The first-order valence-electron chi connectivity index (χ1n) is 6.03. The molecule has 2 rings (SSSR count). The van der Waals surface area contributed by atoms with Crippen molar-refractivity contribution in [3.63, 3.8) is 0 Å². The summed E-state index contributed by atoms with van der Waals surface area (Å²) in [6, 6.07) is -0.292. The van der Waals surface area contributed by atoms with Gasteiger partial charge in [0, 0.05) is 19.0 Å². The molecule has 21 heavy (non-hydrogen) atoms. The second-order valence-electron chi connectivity index (χ2n) is 4.41. The normalized spacial score (nSPS) is 22.8. The van der Waals surface area contributed by atoms with Gasteiger partial charge in [-0.3, -0.25) is 0 Å². The summed E-state index contributed by atoms with van der Waals surface area (Å²) < 4.78 is 70.1. The van der Waals surface area contributed by atoms with Gasteiger partial charge in [0.25, 0.3) is 0 Å². The van der Waals surface area contributed by atoms with Crippen molar-refractivity contribution >= 4 is 0 Å². The highest BCUT2D eigenvalue weighted by Crippen LogP contribution is 2.26. The van der Waals surface area contributed by atoms with Crippen LogP contribution in [0.3, 0.4) is 0 Å². The summed E-state index contributed by atoms with van der Waals surface area (Å²) in [5, 5.41) is 2.91. The Bertz CT molecular complexity index is 454. The zero-order valence-corrected chi connectivity index (χ0v) is 10.6. The summed E-state index contributed by atoms with van der Waals surface area (Å²) in [5.41, 5.74) is 0. The summed E-state index contributed by atoms with van der Waals surface area (Å²) in [6.07, 6.45) is -2.71. The first-order chi connectivity index (χ1) is 9.84. The minimum absolute atomic E-state index is 0.0882. The van der Waals surface area contributed by atoms with Crippen molar-refractivity contribution in [2.45, 2.75) is 31.4 Å². The van der Waals surface area contributed by atoms with Gasteiger partial charge in [0.05, 0.1) is 19.0 Å². The van der Waals surface area contributed by atoms with E-state index in [1.807, 2.05) is 0 Å². The van der Waals surface area contributed by atoms with Crippen molar-refractivity contribution in [2.75, 3.05) is 13.2 Å². The van der Waals surface area contributed by atoms with Gasteiger partial charge < -0.3 is 14.8 Å². The lowest BCUT2D eigenvalue weighted by atomic mass is 10.2. The zero-order valence-electron chi connectivity index (χ0n) is 10.6. The maximum Gasteiger partial charge on any atom is 0.451 e. The van der Waals surface area contributed by atoms with E-state index >= 15 is 0 Å². The molecule has 0 saturated carbocycles. The van der Waals surface area contributed by atoms with Gasteiger partial charge in [-0.1, -0.05) is 0 Å². The molecule has 0 unspecified atom stereocenters. The molecule has 0 spiro atoms. The van der Waals surface area contributed by atoms with Crippen molar-refractivity contribution in [2.24, 2.45) is 0 Å². The molecule has 1 aromatic rings. The molecule has 118 valence electrons. The van der Waals surface area contributed by atoms with Crippen LogP contribution in [-0.4, -0.2) is 41.9 Å². The Balaban J connectivity index is 1.83. The van der Waals surface area contributed by atoms with E-state index in [9.17, 15) is 22.0 Å². The summed E-state index contributed by atoms with van der Waals surface area (Å²) in [6.45, 7) is -2.63. The summed E-state index contributed by atoms with van der Waals surface area (Å²) in [5.74, 6) is -1.16. The van der Waals surface area contributed by atoms with Crippen molar-refractivity contribution in [1.82, 2.24) is 15.3 Å². The number of alkyl halides is 5. The minimum Gasteiger partial charge on any atom is -0.486 e. The standard InChI is InChI=1S/C11H12F5N3O2/c12-10(13)20-5-6-1-7(2-17-6)21-8-3-18-9(19-4-8)11(14,15)16/h3-4,6-7,10,17H,1-2,5H2/t6-,7-/m0/s1. The van der Waals surface area contributed by atoms with Gasteiger partial charge >= 0.3 is 12.8 Å². The SMILES string of the molecule is FC(F)OC[C@@H]1C[C@H](Oc2cnc(C(F)(F)F)nc2)CN1. The van der Waals surface area contributed by atoms with Gasteiger partial charge in [-0.15, -0.1) is 0 Å². The van der Waals surface area contributed by atoms with E-state index in [2.05, 4.69) is 20.0 Å². The van der Waals surface area contributed by atoms with Crippen LogP contribution in [-0.2, 0) is 10.9 Å². The number of rotatable bonds is 5. The minimum atomic E-state index is -4.61. The molecule has 0 bridgehead atoms. The van der Waals surface area contributed by atoms with Gasteiger partial charge in [-0.25, -0.2) is 9.97 Å². The van der Waals surface area contributed by atoms with Crippen LogP contribution in [0.25, 0.3) is 0 Å². The zero-order chi connectivity index (χ0) is 15.5. The lowest BCUT2D eigenvalue weighted by Gasteiger charge is -2.13. The second-order valence-corrected chi connectivity index (χ2v) is 4.41. The fourth-order valence-corrected chi connectivity index (χ4v) is 1.90. The Kier molecular flexibility index (Phi) is 4.88. The van der Waals surface area contributed by atoms with E-state index in [4.69, 9.17) is 4.74 Å². The predicted molar refractivity (Wildman–Crippen MR) is 59.8 cm³/mol. The number of nitrogens with one attached hydrogen (secondary N) is 1. The van der Waals surface area contributed by atoms with E-state index in [-0.39, 0.29) is 24.5 Å². The van der Waals surface area contributed by atoms with Crippen molar-refractivity contribution < 1.29 is 31.4 Å². The molecule has 1 aliphatic rings. The van der Waals surface area contributed by atoms with Crippen molar-refractivity contribution in [3.8, 4) is 5.75 Å². The maximum atomic E-state index is 12.3. The highest BCUT2D eigenvalue weighted by molar-refractivity contribution is 5.14. The summed E-state index contributed by atoms with van der Waals surface area (Å²) >= 11 is 0. The van der Waals surface area contributed by atoms with Gasteiger partial charge in [0.1, 0.15) is 6.10 Å². The molecule has 5 nitrogen and oxygen atoms in total. The van der Waals surface area contributed by atoms with Gasteiger partial charge in [-0.2, -0.15) is 22.0 Å². The average Bonchev–Trinajstić information content (AvgIpc) is 2.83. The topological polar surface area (TPSA) is 56.3 Å². The van der Waals surface area contributed by atoms with E-state index in [0.717, 1.165) is 12.4 Å². The quantitative estimate of drug-likeness (QED) is 0.841. The summed E-state index contributed by atoms with van der Waals surface area (Å²) in [4.78, 5) is 6.33. The third-order valence-corrected chi connectivity index (χ3v) is 2.79. The molecular weight excluding hydrogens is 301 g/mol. The molecule has 2 heterocycles. The Labute approximate surface area is 116 Å². The van der Waals surface area contributed by atoms with Crippen LogP contribution in [0.1, 0.15) is 12.2 Å². The molecule has 0 aliphatic carbocycles. The smallest absolute Gasteiger partial charge is 0.451 e. The van der Waals surface area contributed by atoms with E-state index in [1.165, 1.54) is 0 Å². The van der Waals surface area contributed by atoms with Gasteiger partial charge in [0.2, 0.25) is 5.82 Å². The number of ether oxygens (including phenoxy) is 2. The van der Waals surface area contributed by atoms with Crippen LogP contribution in [0.5, 0.6) is 5.75 Å². The van der Waals surface area contributed by atoms with E-state index < -0.39 is 18.6 Å². The van der Waals surface area contributed by atoms with Crippen molar-refractivity contribution in [1.29, 1.82) is 0 Å². The van der Waals surface area contributed by atoms with Crippen LogP contribution in [0.4, 0.5) is 22.0 Å². The van der Waals surface area contributed by atoms with Crippen LogP contribution < -0.4 is 10.1 Å². The van der Waals surface area contributed by atoms with Gasteiger partial charge in [0.15, 0.2) is 5.75 Å². The number of nitrogens with zero attached hydrogens (tertiary/aromatic N) is 2. The second kappa shape index (κ2) is 6.48. The third-order valence-electron chi connectivity index (χ3n) is 2.79. The first kappa shape index (κ1) is 15.8. The third kappa shape index (κ3) is 4.74. The maximum absolute atomic E-state index is 12.3. The monoisotopic (exact) mass is 313 g/mol. The number of hydrogen-bond donors (Lipinski definition) is 1. The Morgan fingerprint density at radius 3 is 2.52 bits per heavy atom. The first-order valence-corrected chi connectivity index (χ1v) is 6.03. The number of hydrogen-bond acceptors (Lipinski definition) is 5.